The monoisotopic (exact) mass is 986 g/mol. The number of nitrogens with zero attached hydrogens (tertiary/aromatic N) is 1. The average molecular weight is 986 g/mol. The molecular formula is C59H104NO8P. The predicted molar refractivity (Wildman–Crippen MR) is 291 cm³/mol. The summed E-state index contributed by atoms with van der Waals surface area (Å²) < 4.78 is 34.0. The Morgan fingerprint density at radius 1 is 0.464 bits per heavy atom. The van der Waals surface area contributed by atoms with Crippen LogP contribution in [0.3, 0.4) is 0 Å². The topological polar surface area (TPSA) is 111 Å². The number of unbranched alkanes of at least 4 members (excludes halogenated alkanes) is 22. The quantitative estimate of drug-likeness (QED) is 0.0195. The molecule has 0 heterocycles. The highest BCUT2D eigenvalue weighted by Crippen LogP contribution is 2.38. The van der Waals surface area contributed by atoms with Crippen LogP contribution in [0.2, 0.25) is 0 Å². The fourth-order valence-electron chi connectivity index (χ4n) is 7.37. The molecule has 2 unspecified atom stereocenters. The summed E-state index contributed by atoms with van der Waals surface area (Å²) in [5, 5.41) is 0. The van der Waals surface area contributed by atoms with Gasteiger partial charge in [0.05, 0.1) is 27.7 Å². The Morgan fingerprint density at radius 3 is 1.25 bits per heavy atom. The second-order valence-electron chi connectivity index (χ2n) is 19.6. The lowest BCUT2D eigenvalue weighted by Gasteiger charge is -2.28. The summed E-state index contributed by atoms with van der Waals surface area (Å²) in [5.41, 5.74) is 0. The van der Waals surface area contributed by atoms with Gasteiger partial charge in [-0.15, -0.1) is 0 Å². The molecule has 9 nitrogen and oxygen atoms in total. The molecule has 0 radical (unpaired) electrons. The fraction of sp³-hybridized carbons (Fsp3) is 0.729. The van der Waals surface area contributed by atoms with Crippen LogP contribution in [-0.4, -0.2) is 70.0 Å². The van der Waals surface area contributed by atoms with Crippen LogP contribution in [0.1, 0.15) is 226 Å². The molecule has 0 amide bonds. The molecule has 0 spiro atoms. The number of likely N-dealkylation sites (N-methyl/N-ethyl adjacent to an activating group) is 1. The standard InChI is InChI=1S/C59H104NO8P/c1-6-8-10-12-14-16-18-19-20-21-22-23-24-25-26-27-28-29-30-31-32-33-34-35-36-37-38-39-40-41-42-44-46-48-50-52-59(62)68-57(56-67-69(63,64)66-54-53-60(3,4)5)55-65-58(61)51-49-47-45-43-17-15-13-11-9-7-2/h8,10-11,13-14,16,19-20,22-23,25-26,28-29,57H,6-7,9,12,15,17-18,21,24,27,30-56H2,1-5H3/b10-8-,13-11-,16-14-,20-19-,23-22-,26-25-,29-28-. The third-order valence-electron chi connectivity index (χ3n) is 11.6. The first-order chi connectivity index (χ1) is 33.5. The van der Waals surface area contributed by atoms with E-state index in [0.717, 1.165) is 103 Å². The van der Waals surface area contributed by atoms with Gasteiger partial charge in [0.25, 0.3) is 7.82 Å². The molecule has 0 aliphatic carbocycles. The van der Waals surface area contributed by atoms with Crippen molar-refractivity contribution in [3.05, 3.63) is 85.1 Å². The maximum atomic E-state index is 12.7. The number of esters is 2. The molecule has 0 rings (SSSR count). The molecular weight excluding hydrogens is 882 g/mol. The number of ether oxygens (including phenoxy) is 2. The minimum Gasteiger partial charge on any atom is -0.756 e. The van der Waals surface area contributed by atoms with Gasteiger partial charge in [-0.2, -0.15) is 0 Å². The number of quaternary nitrogens is 1. The highest BCUT2D eigenvalue weighted by molar-refractivity contribution is 7.45. The van der Waals surface area contributed by atoms with Gasteiger partial charge in [-0.3, -0.25) is 14.2 Å². The lowest BCUT2D eigenvalue weighted by Crippen LogP contribution is -2.37. The largest absolute Gasteiger partial charge is 0.756 e. The smallest absolute Gasteiger partial charge is 0.306 e. The maximum Gasteiger partial charge on any atom is 0.306 e. The first-order valence-corrected chi connectivity index (χ1v) is 29.3. The Hall–Kier alpha value is -2.81. The second kappa shape index (κ2) is 50.1. The van der Waals surface area contributed by atoms with E-state index in [1.165, 1.54) is 89.9 Å². The van der Waals surface area contributed by atoms with Crippen LogP contribution in [0.4, 0.5) is 0 Å². The van der Waals surface area contributed by atoms with Crippen LogP contribution in [0.5, 0.6) is 0 Å². The SMILES string of the molecule is CC/C=C\C/C=C\C/C=C\C/C=C\C/C=C\C/C=C\CCCCCCCCCCCCCCCCCCC(=O)OC(COC(=O)CCCCCCC/C=C\CCC)COP(=O)([O-])OCC[N+](C)(C)C. The van der Waals surface area contributed by atoms with Gasteiger partial charge >= 0.3 is 11.9 Å². The summed E-state index contributed by atoms with van der Waals surface area (Å²) in [7, 11) is 1.16. The fourth-order valence-corrected chi connectivity index (χ4v) is 8.10. The highest BCUT2D eigenvalue weighted by Gasteiger charge is 2.21. The Balaban J connectivity index is 3.99. The van der Waals surface area contributed by atoms with E-state index in [-0.39, 0.29) is 26.1 Å². The van der Waals surface area contributed by atoms with Crippen LogP contribution < -0.4 is 4.89 Å². The minimum atomic E-state index is -4.63. The zero-order valence-electron chi connectivity index (χ0n) is 45.0. The Morgan fingerprint density at radius 2 is 0.826 bits per heavy atom. The first kappa shape index (κ1) is 66.2. The highest BCUT2D eigenvalue weighted by atomic mass is 31.2. The van der Waals surface area contributed by atoms with Gasteiger partial charge in [0.1, 0.15) is 19.8 Å². The summed E-state index contributed by atoms with van der Waals surface area (Å²) in [6.45, 7) is 4.04. The summed E-state index contributed by atoms with van der Waals surface area (Å²) in [6.07, 6.45) is 66.5. The van der Waals surface area contributed by atoms with E-state index < -0.39 is 32.5 Å². The van der Waals surface area contributed by atoms with Gasteiger partial charge < -0.3 is 27.9 Å². The van der Waals surface area contributed by atoms with E-state index in [4.69, 9.17) is 18.5 Å². The van der Waals surface area contributed by atoms with E-state index in [2.05, 4.69) is 98.9 Å². The molecule has 0 saturated heterocycles. The van der Waals surface area contributed by atoms with Crippen molar-refractivity contribution in [3.63, 3.8) is 0 Å². The minimum absolute atomic E-state index is 0.0340. The average Bonchev–Trinajstić information content (AvgIpc) is 3.31. The van der Waals surface area contributed by atoms with Crippen molar-refractivity contribution in [3.8, 4) is 0 Å². The van der Waals surface area contributed by atoms with Crippen LogP contribution in [0.25, 0.3) is 0 Å². The van der Waals surface area contributed by atoms with Crippen molar-refractivity contribution in [1.29, 1.82) is 0 Å². The van der Waals surface area contributed by atoms with E-state index in [9.17, 15) is 19.0 Å². The molecule has 0 aliphatic heterocycles. The van der Waals surface area contributed by atoms with E-state index >= 15 is 0 Å². The lowest BCUT2D eigenvalue weighted by molar-refractivity contribution is -0.870. The summed E-state index contributed by atoms with van der Waals surface area (Å²) in [6, 6.07) is 0. The number of hydrogen-bond acceptors (Lipinski definition) is 8. The summed E-state index contributed by atoms with van der Waals surface area (Å²) in [4.78, 5) is 37.6. The molecule has 0 saturated carbocycles. The second-order valence-corrected chi connectivity index (χ2v) is 21.0. The van der Waals surface area contributed by atoms with Crippen LogP contribution >= 0.6 is 7.82 Å². The van der Waals surface area contributed by atoms with Gasteiger partial charge in [-0.1, -0.05) is 214 Å². The van der Waals surface area contributed by atoms with Crippen LogP contribution in [0.15, 0.2) is 85.1 Å². The van der Waals surface area contributed by atoms with Gasteiger partial charge in [0.2, 0.25) is 0 Å². The first-order valence-electron chi connectivity index (χ1n) is 27.8. The zero-order chi connectivity index (χ0) is 50.6. The Kier molecular flexibility index (Phi) is 48.1. The van der Waals surface area contributed by atoms with Gasteiger partial charge in [-0.05, 0) is 83.5 Å². The van der Waals surface area contributed by atoms with E-state index in [1.807, 2.05) is 21.1 Å². The summed E-state index contributed by atoms with van der Waals surface area (Å²) >= 11 is 0. The number of phosphoric acid groups is 1. The van der Waals surface area contributed by atoms with Gasteiger partial charge in [-0.25, -0.2) is 0 Å². The van der Waals surface area contributed by atoms with Gasteiger partial charge in [0.15, 0.2) is 6.10 Å². The summed E-state index contributed by atoms with van der Waals surface area (Å²) in [5.74, 6) is -0.846. The van der Waals surface area contributed by atoms with Crippen molar-refractivity contribution in [1.82, 2.24) is 0 Å². The molecule has 0 N–H and O–H groups in total. The molecule has 0 fully saturated rings. The zero-order valence-corrected chi connectivity index (χ0v) is 45.9. The Labute approximate surface area is 424 Å². The van der Waals surface area contributed by atoms with E-state index in [1.54, 1.807) is 0 Å². The molecule has 0 aromatic rings. The van der Waals surface area contributed by atoms with Crippen molar-refractivity contribution in [2.24, 2.45) is 0 Å². The molecule has 0 aromatic heterocycles. The van der Waals surface area contributed by atoms with Crippen LogP contribution in [0, 0.1) is 0 Å². The molecule has 398 valence electrons. The Bertz CT molecular complexity index is 1440. The number of hydrogen-bond donors (Lipinski definition) is 0. The lowest BCUT2D eigenvalue weighted by atomic mass is 10.0. The van der Waals surface area contributed by atoms with Crippen molar-refractivity contribution < 1.29 is 42.1 Å². The van der Waals surface area contributed by atoms with E-state index in [0.29, 0.717) is 17.4 Å². The van der Waals surface area contributed by atoms with Gasteiger partial charge in [0, 0.05) is 12.8 Å². The number of allylic oxidation sites excluding steroid dienone is 14. The molecule has 0 aliphatic rings. The molecule has 69 heavy (non-hydrogen) atoms. The molecule has 0 bridgehead atoms. The molecule has 2 atom stereocenters. The molecule has 0 aromatic carbocycles. The number of phosphoric ester groups is 1. The maximum absolute atomic E-state index is 12.7. The number of carbonyl (C=O) groups excluding carboxylic acids is 2. The predicted octanol–water partition coefficient (Wildman–Crippen LogP) is 16.5. The van der Waals surface area contributed by atoms with Crippen molar-refractivity contribution in [2.75, 3.05) is 47.5 Å². The number of rotatable bonds is 50. The third kappa shape index (κ3) is 54.4. The normalized spacial score (nSPS) is 14.0. The van der Waals surface area contributed by atoms with Crippen molar-refractivity contribution >= 4 is 19.8 Å². The van der Waals surface area contributed by atoms with Crippen LogP contribution in [-0.2, 0) is 32.7 Å². The third-order valence-corrected chi connectivity index (χ3v) is 12.6. The molecule has 10 heteroatoms. The van der Waals surface area contributed by atoms with Crippen molar-refractivity contribution in [2.45, 2.75) is 232 Å². The number of carbonyl (C=O) groups is 2.